The zero-order valence-corrected chi connectivity index (χ0v) is 23.4. The lowest BCUT2D eigenvalue weighted by molar-refractivity contribution is 1.07. The summed E-state index contributed by atoms with van der Waals surface area (Å²) in [6, 6.07) is 46.9. The number of benzene rings is 5. The molecule has 7 heteroatoms. The Morgan fingerprint density at radius 1 is 0.318 bits per heavy atom. The minimum Gasteiger partial charge on any atom is -0.208 e. The predicted molar refractivity (Wildman–Crippen MR) is 171 cm³/mol. The van der Waals surface area contributed by atoms with Crippen molar-refractivity contribution < 1.29 is 0 Å². The molecule has 0 aliphatic heterocycles. The molecule has 7 rings (SSSR count). The number of hydrogen-bond donors (Lipinski definition) is 0. The van der Waals surface area contributed by atoms with Gasteiger partial charge in [0.25, 0.3) is 0 Å². The van der Waals surface area contributed by atoms with Crippen molar-refractivity contribution in [2.45, 2.75) is 0 Å². The first-order valence-corrected chi connectivity index (χ1v) is 14.0. The van der Waals surface area contributed by atoms with Crippen molar-refractivity contribution in [3.63, 3.8) is 0 Å². The van der Waals surface area contributed by atoms with Gasteiger partial charge in [-0.2, -0.15) is 5.26 Å². The van der Waals surface area contributed by atoms with Crippen molar-refractivity contribution in [2.75, 3.05) is 0 Å². The van der Waals surface area contributed by atoms with Crippen LogP contribution in [0.3, 0.4) is 0 Å². The second-order valence-corrected chi connectivity index (χ2v) is 9.98. The molecule has 0 radical (unpaired) electrons. The third-order valence-corrected chi connectivity index (χ3v) is 7.02. The maximum absolute atomic E-state index is 9.44. The number of rotatable bonds is 6. The van der Waals surface area contributed by atoms with E-state index in [1.165, 1.54) is 0 Å². The lowest BCUT2D eigenvalue weighted by Gasteiger charge is -2.10. The molecule has 0 fully saturated rings. The van der Waals surface area contributed by atoms with E-state index in [0.717, 1.165) is 33.4 Å². The van der Waals surface area contributed by atoms with Crippen LogP contribution in [-0.2, 0) is 0 Å². The second kappa shape index (κ2) is 11.8. The standard InChI is InChI=1S/C37H23N7/c38-24-25-11-10-18-31(23-25)37-43-34(28-16-8-3-9-17-28)42-36(44-37)30-21-19-29(20-22-30)35-40-32(26-12-4-1-5-13-26)39-33(41-35)27-14-6-2-7-15-27/h1-23H. The van der Waals surface area contributed by atoms with Gasteiger partial charge in [-0.3, -0.25) is 0 Å². The van der Waals surface area contributed by atoms with Crippen LogP contribution >= 0.6 is 0 Å². The summed E-state index contributed by atoms with van der Waals surface area (Å²) in [5, 5.41) is 9.44. The Labute approximate surface area is 254 Å². The first kappa shape index (κ1) is 26.5. The van der Waals surface area contributed by atoms with Crippen LogP contribution in [0.1, 0.15) is 5.56 Å². The highest BCUT2D eigenvalue weighted by atomic mass is 15.0. The van der Waals surface area contributed by atoms with Crippen LogP contribution in [0, 0.1) is 11.3 Å². The fraction of sp³-hybridized carbons (Fsp3) is 0. The minimum atomic E-state index is 0.493. The SMILES string of the molecule is N#Cc1cccc(-c2nc(-c3ccccc3)nc(-c3ccc(-c4nc(-c5ccccc5)nc(-c5ccccc5)n4)cc3)n2)c1. The van der Waals surface area contributed by atoms with Crippen molar-refractivity contribution in [1.29, 1.82) is 5.26 Å². The summed E-state index contributed by atoms with van der Waals surface area (Å²) < 4.78 is 0. The molecule has 0 aliphatic carbocycles. The Morgan fingerprint density at radius 2 is 0.614 bits per heavy atom. The lowest BCUT2D eigenvalue weighted by atomic mass is 10.1. The molecule has 0 saturated heterocycles. The predicted octanol–water partition coefficient (Wildman–Crippen LogP) is 7.93. The van der Waals surface area contributed by atoms with E-state index in [2.05, 4.69) is 6.07 Å². The van der Waals surface area contributed by atoms with Crippen molar-refractivity contribution in [3.05, 3.63) is 145 Å². The number of aromatic nitrogens is 6. The van der Waals surface area contributed by atoms with Gasteiger partial charge in [0.05, 0.1) is 11.6 Å². The van der Waals surface area contributed by atoms with Crippen molar-refractivity contribution >= 4 is 0 Å². The van der Waals surface area contributed by atoms with Gasteiger partial charge >= 0.3 is 0 Å². The number of hydrogen-bond acceptors (Lipinski definition) is 7. The van der Waals surface area contributed by atoms with Gasteiger partial charge in [-0.05, 0) is 12.1 Å². The van der Waals surface area contributed by atoms with Crippen LogP contribution in [0.15, 0.2) is 140 Å². The molecule has 7 nitrogen and oxygen atoms in total. The minimum absolute atomic E-state index is 0.493. The summed E-state index contributed by atoms with van der Waals surface area (Å²) in [6.07, 6.45) is 0. The van der Waals surface area contributed by atoms with Crippen LogP contribution in [0.2, 0.25) is 0 Å². The zero-order chi connectivity index (χ0) is 29.7. The van der Waals surface area contributed by atoms with E-state index in [9.17, 15) is 5.26 Å². The van der Waals surface area contributed by atoms with E-state index in [-0.39, 0.29) is 0 Å². The molecule has 0 bridgehead atoms. The molecule has 2 heterocycles. The third kappa shape index (κ3) is 5.56. The topological polar surface area (TPSA) is 101 Å². The summed E-state index contributed by atoms with van der Waals surface area (Å²) >= 11 is 0. The molecule has 206 valence electrons. The van der Waals surface area contributed by atoms with Gasteiger partial charge in [0, 0.05) is 33.4 Å². The van der Waals surface area contributed by atoms with Crippen molar-refractivity contribution in [3.8, 4) is 74.4 Å². The largest absolute Gasteiger partial charge is 0.208 e. The third-order valence-electron chi connectivity index (χ3n) is 7.02. The fourth-order valence-corrected chi connectivity index (χ4v) is 4.78. The van der Waals surface area contributed by atoms with Gasteiger partial charge in [-0.15, -0.1) is 0 Å². The van der Waals surface area contributed by atoms with E-state index >= 15 is 0 Å². The molecule has 0 atom stereocenters. The lowest BCUT2D eigenvalue weighted by Crippen LogP contribution is -2.01. The molecule has 0 unspecified atom stereocenters. The van der Waals surface area contributed by atoms with Crippen LogP contribution in [0.4, 0.5) is 0 Å². The first-order valence-electron chi connectivity index (χ1n) is 14.0. The van der Waals surface area contributed by atoms with Gasteiger partial charge < -0.3 is 0 Å². The molecular formula is C37H23N7. The Balaban J connectivity index is 1.31. The summed E-state index contributed by atoms with van der Waals surface area (Å²) in [4.78, 5) is 28.9. The summed E-state index contributed by atoms with van der Waals surface area (Å²) in [5.41, 5.74) is 5.63. The summed E-state index contributed by atoms with van der Waals surface area (Å²) in [7, 11) is 0. The first-order chi connectivity index (χ1) is 21.7. The van der Waals surface area contributed by atoms with E-state index in [1.54, 1.807) is 12.1 Å². The van der Waals surface area contributed by atoms with Gasteiger partial charge in [0.1, 0.15) is 0 Å². The smallest absolute Gasteiger partial charge is 0.164 e. The Kier molecular flexibility index (Phi) is 7.13. The monoisotopic (exact) mass is 565 g/mol. The molecule has 0 aliphatic rings. The van der Waals surface area contributed by atoms with E-state index < -0.39 is 0 Å². The Morgan fingerprint density at radius 3 is 0.955 bits per heavy atom. The summed E-state index contributed by atoms with van der Waals surface area (Å²) in [6.45, 7) is 0. The molecule has 2 aromatic heterocycles. The van der Waals surface area contributed by atoms with Gasteiger partial charge in [0.15, 0.2) is 34.9 Å². The van der Waals surface area contributed by atoms with Crippen LogP contribution in [-0.4, -0.2) is 29.9 Å². The average Bonchev–Trinajstić information content (AvgIpc) is 3.12. The molecule has 44 heavy (non-hydrogen) atoms. The Hall–Kier alpha value is -6.39. The summed E-state index contributed by atoms with van der Waals surface area (Å²) in [5.74, 6) is 3.34. The molecule has 0 amide bonds. The van der Waals surface area contributed by atoms with Crippen LogP contribution < -0.4 is 0 Å². The quantitative estimate of drug-likeness (QED) is 0.202. The highest BCUT2D eigenvalue weighted by molar-refractivity contribution is 5.71. The van der Waals surface area contributed by atoms with Gasteiger partial charge in [-0.1, -0.05) is 127 Å². The normalized spacial score (nSPS) is 10.7. The molecule has 7 aromatic rings. The highest BCUT2D eigenvalue weighted by Crippen LogP contribution is 2.28. The molecule has 5 aromatic carbocycles. The maximum Gasteiger partial charge on any atom is 0.164 e. The van der Waals surface area contributed by atoms with E-state index in [0.29, 0.717) is 40.5 Å². The molecular weight excluding hydrogens is 542 g/mol. The fourth-order valence-electron chi connectivity index (χ4n) is 4.78. The average molecular weight is 566 g/mol. The van der Waals surface area contributed by atoms with Crippen molar-refractivity contribution in [1.82, 2.24) is 29.9 Å². The second-order valence-electron chi connectivity index (χ2n) is 9.98. The van der Waals surface area contributed by atoms with Crippen LogP contribution in [0.5, 0.6) is 0 Å². The van der Waals surface area contributed by atoms with E-state index in [4.69, 9.17) is 29.9 Å². The van der Waals surface area contributed by atoms with Gasteiger partial charge in [0.2, 0.25) is 0 Å². The zero-order valence-electron chi connectivity index (χ0n) is 23.4. The van der Waals surface area contributed by atoms with Crippen LogP contribution in [0.25, 0.3) is 68.3 Å². The maximum atomic E-state index is 9.44. The number of nitrogens with zero attached hydrogens (tertiary/aromatic N) is 7. The molecule has 0 saturated carbocycles. The number of nitriles is 1. The Bertz CT molecular complexity index is 2050. The molecule has 0 spiro atoms. The highest BCUT2D eigenvalue weighted by Gasteiger charge is 2.15. The molecule has 0 N–H and O–H groups in total. The van der Waals surface area contributed by atoms with Crippen molar-refractivity contribution in [2.24, 2.45) is 0 Å². The van der Waals surface area contributed by atoms with Gasteiger partial charge in [-0.25, -0.2) is 29.9 Å². The van der Waals surface area contributed by atoms with E-state index in [1.807, 2.05) is 127 Å².